The number of aromatic nitrogens is 2. The van der Waals surface area contributed by atoms with Crippen LogP contribution < -0.4 is 5.32 Å². The van der Waals surface area contributed by atoms with E-state index in [9.17, 15) is 9.59 Å². The molecule has 23 heavy (non-hydrogen) atoms. The average Bonchev–Trinajstić information content (AvgIpc) is 2.89. The molecule has 1 amide bonds. The fourth-order valence-corrected chi connectivity index (χ4v) is 3.70. The zero-order valence-corrected chi connectivity index (χ0v) is 13.5. The van der Waals surface area contributed by atoms with Crippen molar-refractivity contribution in [2.24, 2.45) is 12.5 Å². The summed E-state index contributed by atoms with van der Waals surface area (Å²) in [4.78, 5) is 23.5. The molecule has 1 N–H and O–H groups in total. The van der Waals surface area contributed by atoms with Gasteiger partial charge in [-0.3, -0.25) is 9.48 Å². The highest BCUT2D eigenvalue weighted by molar-refractivity contribution is 5.94. The Morgan fingerprint density at radius 2 is 2.13 bits per heavy atom. The molecular weight excluding hydrogens is 290 g/mol. The molecule has 1 fully saturated rings. The van der Waals surface area contributed by atoms with Gasteiger partial charge in [0.15, 0.2) is 0 Å². The van der Waals surface area contributed by atoms with Crippen LogP contribution in [-0.4, -0.2) is 22.0 Å². The third-order valence-corrected chi connectivity index (χ3v) is 5.00. The van der Waals surface area contributed by atoms with Crippen molar-refractivity contribution >= 4 is 28.8 Å². The molecule has 5 heteroatoms. The minimum absolute atomic E-state index is 0.00438. The number of fused-ring (bicyclic) bond motifs is 1. The molecule has 1 aliphatic rings. The van der Waals surface area contributed by atoms with Gasteiger partial charge >= 0.3 is 0 Å². The van der Waals surface area contributed by atoms with Crippen molar-refractivity contribution in [1.82, 2.24) is 9.78 Å². The summed E-state index contributed by atoms with van der Waals surface area (Å²) < 4.78 is 1.79. The van der Waals surface area contributed by atoms with Gasteiger partial charge in [0.1, 0.15) is 6.29 Å². The summed E-state index contributed by atoms with van der Waals surface area (Å²) in [5.41, 5.74) is 1.63. The molecular formula is C18H23N3O2. The van der Waals surface area contributed by atoms with Gasteiger partial charge in [0.2, 0.25) is 5.91 Å². The van der Waals surface area contributed by atoms with Crippen molar-refractivity contribution in [1.29, 1.82) is 0 Å². The van der Waals surface area contributed by atoms with Crippen LogP contribution in [0.15, 0.2) is 24.4 Å². The number of nitrogens with zero attached hydrogens (tertiary/aromatic N) is 2. The van der Waals surface area contributed by atoms with Crippen LogP contribution in [-0.2, 0) is 16.6 Å². The van der Waals surface area contributed by atoms with Gasteiger partial charge in [-0.15, -0.1) is 0 Å². The molecule has 0 aliphatic heterocycles. The molecule has 1 aromatic heterocycles. The number of rotatable bonds is 5. The van der Waals surface area contributed by atoms with E-state index in [2.05, 4.69) is 10.4 Å². The van der Waals surface area contributed by atoms with Crippen LogP contribution in [0, 0.1) is 5.41 Å². The van der Waals surface area contributed by atoms with Crippen LogP contribution in [0.25, 0.3) is 10.9 Å². The zero-order valence-electron chi connectivity index (χ0n) is 13.5. The molecule has 1 aromatic carbocycles. The number of carbonyl (C=O) groups excluding carboxylic acids is 2. The monoisotopic (exact) mass is 313 g/mol. The van der Waals surface area contributed by atoms with Crippen molar-refractivity contribution in [2.45, 2.75) is 44.9 Å². The first-order valence-electron chi connectivity index (χ1n) is 8.27. The van der Waals surface area contributed by atoms with Crippen molar-refractivity contribution in [3.05, 3.63) is 24.4 Å². The maximum Gasteiger partial charge on any atom is 0.224 e. The van der Waals surface area contributed by atoms with Gasteiger partial charge in [-0.2, -0.15) is 5.10 Å². The van der Waals surface area contributed by atoms with Crippen LogP contribution >= 0.6 is 0 Å². The van der Waals surface area contributed by atoms with E-state index in [1.807, 2.05) is 31.4 Å². The predicted molar refractivity (Wildman–Crippen MR) is 90.2 cm³/mol. The molecule has 2 aromatic rings. The van der Waals surface area contributed by atoms with E-state index in [1.165, 1.54) is 6.42 Å². The molecule has 0 bridgehead atoms. The van der Waals surface area contributed by atoms with Gasteiger partial charge in [-0.05, 0) is 36.5 Å². The minimum atomic E-state index is -0.138. The molecule has 1 saturated carbocycles. The molecule has 3 rings (SSSR count). The first-order valence-corrected chi connectivity index (χ1v) is 8.27. The van der Waals surface area contributed by atoms with E-state index in [0.29, 0.717) is 12.8 Å². The molecule has 5 nitrogen and oxygen atoms in total. The average molecular weight is 313 g/mol. The van der Waals surface area contributed by atoms with E-state index >= 15 is 0 Å². The summed E-state index contributed by atoms with van der Waals surface area (Å²) in [5, 5.41) is 8.25. The van der Waals surface area contributed by atoms with Gasteiger partial charge < -0.3 is 10.1 Å². The van der Waals surface area contributed by atoms with E-state index in [0.717, 1.165) is 48.6 Å². The second kappa shape index (κ2) is 6.52. The molecule has 122 valence electrons. The quantitative estimate of drug-likeness (QED) is 0.860. The lowest BCUT2D eigenvalue weighted by atomic mass is 9.70. The van der Waals surface area contributed by atoms with Gasteiger partial charge in [0.25, 0.3) is 0 Å². The number of aryl methyl sites for hydroxylation is 1. The molecule has 0 spiro atoms. The van der Waals surface area contributed by atoms with Crippen LogP contribution in [0.4, 0.5) is 5.69 Å². The Hall–Kier alpha value is -2.17. The van der Waals surface area contributed by atoms with Crippen LogP contribution in [0.5, 0.6) is 0 Å². The molecule has 0 atom stereocenters. The normalized spacial score (nSPS) is 17.1. The zero-order chi connectivity index (χ0) is 16.3. The summed E-state index contributed by atoms with van der Waals surface area (Å²) in [6.07, 6.45) is 9.07. The minimum Gasteiger partial charge on any atom is -0.326 e. The standard InChI is InChI=1S/C18H23N3O2/c1-21-16-11-15(6-5-14(16)13-19-21)20-17(23)12-18(9-10-22)7-3-2-4-8-18/h5-6,10-11,13H,2-4,7-9,12H2,1H3,(H,20,23). The number of carbonyl (C=O) groups is 2. The predicted octanol–water partition coefficient (Wildman–Crippen LogP) is 3.44. The Morgan fingerprint density at radius 1 is 1.35 bits per heavy atom. The first-order chi connectivity index (χ1) is 11.1. The summed E-state index contributed by atoms with van der Waals surface area (Å²) in [7, 11) is 1.88. The molecule has 0 unspecified atom stereocenters. The fourth-order valence-electron chi connectivity index (χ4n) is 3.70. The topological polar surface area (TPSA) is 64.0 Å². The van der Waals surface area contributed by atoms with Crippen molar-refractivity contribution in [3.8, 4) is 0 Å². The summed E-state index contributed by atoms with van der Waals surface area (Å²) in [6, 6.07) is 5.79. The maximum absolute atomic E-state index is 12.5. The molecule has 1 heterocycles. The first kappa shape index (κ1) is 15.7. The number of hydrogen-bond donors (Lipinski definition) is 1. The maximum atomic E-state index is 12.5. The van der Waals surface area contributed by atoms with Crippen LogP contribution in [0.2, 0.25) is 0 Å². The summed E-state index contributed by atoms with van der Waals surface area (Å²) >= 11 is 0. The van der Waals surface area contributed by atoms with Gasteiger partial charge in [-0.1, -0.05) is 19.3 Å². The SMILES string of the molecule is Cn1ncc2ccc(NC(=O)CC3(CC=O)CCCCC3)cc21. The van der Waals surface area contributed by atoms with E-state index in [4.69, 9.17) is 0 Å². The largest absolute Gasteiger partial charge is 0.326 e. The second-order valence-corrected chi connectivity index (χ2v) is 6.70. The number of nitrogens with one attached hydrogen (secondary N) is 1. The Bertz CT molecular complexity index is 714. The number of anilines is 1. The van der Waals surface area contributed by atoms with Crippen LogP contribution in [0.1, 0.15) is 44.9 Å². The Morgan fingerprint density at radius 3 is 2.87 bits per heavy atom. The van der Waals surface area contributed by atoms with Crippen molar-refractivity contribution in [2.75, 3.05) is 5.32 Å². The Balaban J connectivity index is 1.71. The van der Waals surface area contributed by atoms with E-state index in [-0.39, 0.29) is 11.3 Å². The number of amides is 1. The fraction of sp³-hybridized carbons (Fsp3) is 0.500. The molecule has 0 saturated heterocycles. The number of benzene rings is 1. The van der Waals surface area contributed by atoms with Gasteiger partial charge in [-0.25, -0.2) is 0 Å². The summed E-state index contributed by atoms with van der Waals surface area (Å²) in [5.74, 6) is -0.00438. The summed E-state index contributed by atoms with van der Waals surface area (Å²) in [6.45, 7) is 0. The van der Waals surface area contributed by atoms with E-state index < -0.39 is 0 Å². The Kier molecular flexibility index (Phi) is 4.46. The van der Waals surface area contributed by atoms with Gasteiger partial charge in [0, 0.05) is 31.0 Å². The Labute approximate surface area is 136 Å². The number of hydrogen-bond acceptors (Lipinski definition) is 3. The van der Waals surface area contributed by atoms with Gasteiger partial charge in [0.05, 0.1) is 11.7 Å². The van der Waals surface area contributed by atoms with Crippen molar-refractivity contribution < 1.29 is 9.59 Å². The lowest BCUT2D eigenvalue weighted by molar-refractivity contribution is -0.120. The highest BCUT2D eigenvalue weighted by Crippen LogP contribution is 2.41. The third kappa shape index (κ3) is 3.44. The number of aldehydes is 1. The third-order valence-electron chi connectivity index (χ3n) is 5.00. The molecule has 0 radical (unpaired) electrons. The highest BCUT2D eigenvalue weighted by Gasteiger charge is 2.33. The molecule has 1 aliphatic carbocycles. The smallest absolute Gasteiger partial charge is 0.224 e. The second-order valence-electron chi connectivity index (χ2n) is 6.70. The van der Waals surface area contributed by atoms with Crippen molar-refractivity contribution in [3.63, 3.8) is 0 Å². The lowest BCUT2D eigenvalue weighted by Crippen LogP contribution is -2.30. The highest BCUT2D eigenvalue weighted by atomic mass is 16.1. The van der Waals surface area contributed by atoms with E-state index in [1.54, 1.807) is 4.68 Å². The lowest BCUT2D eigenvalue weighted by Gasteiger charge is -2.35. The van der Waals surface area contributed by atoms with Crippen LogP contribution in [0.3, 0.4) is 0 Å².